The Bertz CT molecular complexity index is 14.4. The van der Waals surface area contributed by atoms with E-state index in [9.17, 15) is 4.39 Å². The highest BCUT2D eigenvalue weighted by molar-refractivity contribution is 7.80. The number of rotatable bonds is 2. The smallest absolute Gasteiger partial charge is 0.0902 e. The Morgan fingerprint density at radius 3 is 2.20 bits per heavy atom. The van der Waals surface area contributed by atoms with Gasteiger partial charge in [-0.25, -0.2) is 0 Å². The average molecular weight is 94.2 g/mol. The van der Waals surface area contributed by atoms with Gasteiger partial charge in [-0.3, -0.25) is 4.39 Å². The molecule has 0 heterocycles. The minimum atomic E-state index is -0.233. The molecule has 0 spiro atoms. The lowest BCUT2D eigenvalue weighted by atomic mass is 10.6. The van der Waals surface area contributed by atoms with Gasteiger partial charge in [0.15, 0.2) is 0 Å². The van der Waals surface area contributed by atoms with Crippen LogP contribution in [0.4, 0.5) is 4.39 Å². The Labute approximate surface area is 36.8 Å². The first-order valence-electron chi connectivity index (χ1n) is 1.58. The predicted molar refractivity (Wildman–Crippen MR) is 24.4 cm³/mol. The van der Waals surface area contributed by atoms with E-state index in [0.717, 1.165) is 0 Å². The van der Waals surface area contributed by atoms with Crippen molar-refractivity contribution in [3.05, 3.63) is 0 Å². The maximum absolute atomic E-state index is 10.9. The summed E-state index contributed by atoms with van der Waals surface area (Å²) < 4.78 is 10.9. The molecule has 0 aromatic rings. The molecule has 0 nitrogen and oxygen atoms in total. The van der Waals surface area contributed by atoms with E-state index in [1.165, 1.54) is 0 Å². The van der Waals surface area contributed by atoms with Gasteiger partial charge in [0.1, 0.15) is 0 Å². The van der Waals surface area contributed by atoms with E-state index in [0.29, 0.717) is 12.2 Å². The zero-order valence-electron chi connectivity index (χ0n) is 2.95. The van der Waals surface area contributed by atoms with E-state index in [1.807, 2.05) is 0 Å². The Hall–Kier alpha value is 0.280. The van der Waals surface area contributed by atoms with Crippen LogP contribution in [-0.4, -0.2) is 12.4 Å². The topological polar surface area (TPSA) is 0 Å². The second-order valence-electron chi connectivity index (χ2n) is 0.766. The summed E-state index contributed by atoms with van der Waals surface area (Å²) in [5, 5.41) is 0. The highest BCUT2D eigenvalue weighted by atomic mass is 32.1. The molecule has 0 atom stereocenters. The Balaban J connectivity index is 2.19. The molecule has 0 fully saturated rings. The van der Waals surface area contributed by atoms with E-state index >= 15 is 0 Å². The second kappa shape index (κ2) is 4.28. The standard InChI is InChI=1S/C3H7FS/c4-2-1-3-5/h5H,1-3H2. The van der Waals surface area contributed by atoms with Crippen LogP contribution in [-0.2, 0) is 0 Å². The van der Waals surface area contributed by atoms with E-state index in [4.69, 9.17) is 0 Å². The van der Waals surface area contributed by atoms with Gasteiger partial charge in [0.2, 0.25) is 0 Å². The molecular formula is C3H7FS. The third-order valence-electron chi connectivity index (χ3n) is 0.292. The highest BCUT2D eigenvalue weighted by Gasteiger charge is 1.72. The molecule has 0 N–H and O–H groups in total. The lowest BCUT2D eigenvalue weighted by Crippen LogP contribution is -1.72. The van der Waals surface area contributed by atoms with Crippen molar-refractivity contribution in [3.8, 4) is 0 Å². The summed E-state index contributed by atoms with van der Waals surface area (Å²) in [6.45, 7) is -0.233. The van der Waals surface area contributed by atoms with Crippen molar-refractivity contribution < 1.29 is 4.39 Å². The van der Waals surface area contributed by atoms with Crippen LogP contribution in [0.2, 0.25) is 0 Å². The largest absolute Gasteiger partial charge is 0.251 e. The molecule has 0 aromatic heterocycles. The fourth-order valence-corrected chi connectivity index (χ4v) is 0.179. The van der Waals surface area contributed by atoms with Gasteiger partial charge in [-0.05, 0) is 12.2 Å². The fourth-order valence-electron chi connectivity index (χ4n) is 0.0598. The Morgan fingerprint density at radius 2 is 2.20 bits per heavy atom. The van der Waals surface area contributed by atoms with Crippen LogP contribution in [0.3, 0.4) is 0 Å². The monoisotopic (exact) mass is 94.0 g/mol. The van der Waals surface area contributed by atoms with Crippen LogP contribution >= 0.6 is 12.6 Å². The normalized spacial score (nSPS) is 8.40. The Morgan fingerprint density at radius 1 is 1.60 bits per heavy atom. The summed E-state index contributed by atoms with van der Waals surface area (Å²) in [5.41, 5.74) is 0. The van der Waals surface area contributed by atoms with Crippen LogP contribution in [0.1, 0.15) is 6.42 Å². The second-order valence-corrected chi connectivity index (χ2v) is 1.21. The molecule has 2 heteroatoms. The first kappa shape index (κ1) is 5.28. The van der Waals surface area contributed by atoms with E-state index in [2.05, 4.69) is 12.6 Å². The van der Waals surface area contributed by atoms with Crippen LogP contribution < -0.4 is 0 Å². The molecule has 0 unspecified atom stereocenters. The molecule has 0 aliphatic rings. The van der Waals surface area contributed by atoms with Crippen LogP contribution in [0.5, 0.6) is 0 Å². The van der Waals surface area contributed by atoms with Gasteiger partial charge in [0, 0.05) is 0 Å². The fraction of sp³-hybridized carbons (Fsp3) is 1.00. The van der Waals surface area contributed by atoms with Gasteiger partial charge in [0.25, 0.3) is 0 Å². The van der Waals surface area contributed by atoms with Crippen molar-refractivity contribution in [2.24, 2.45) is 0 Å². The minimum Gasteiger partial charge on any atom is -0.251 e. The molecule has 0 aliphatic heterocycles. The van der Waals surface area contributed by atoms with Crippen molar-refractivity contribution in [1.29, 1.82) is 0 Å². The van der Waals surface area contributed by atoms with E-state index in [1.54, 1.807) is 0 Å². The van der Waals surface area contributed by atoms with E-state index in [-0.39, 0.29) is 6.67 Å². The van der Waals surface area contributed by atoms with Crippen molar-refractivity contribution >= 4 is 12.6 Å². The molecule has 0 saturated heterocycles. The quantitative estimate of drug-likeness (QED) is 0.489. The molecule has 5 heavy (non-hydrogen) atoms. The van der Waals surface area contributed by atoms with Crippen molar-refractivity contribution in [2.75, 3.05) is 12.4 Å². The zero-order chi connectivity index (χ0) is 4.12. The molecule has 32 valence electrons. The number of thiol groups is 1. The molecule has 0 aliphatic carbocycles. The summed E-state index contributed by atoms with van der Waals surface area (Å²) in [5.74, 6) is 0.663. The summed E-state index contributed by atoms with van der Waals surface area (Å²) in [6, 6.07) is 0. The van der Waals surface area contributed by atoms with Crippen molar-refractivity contribution in [1.82, 2.24) is 0 Å². The lowest BCUT2D eigenvalue weighted by Gasteiger charge is -1.76. The van der Waals surface area contributed by atoms with Crippen LogP contribution in [0.25, 0.3) is 0 Å². The van der Waals surface area contributed by atoms with Gasteiger partial charge < -0.3 is 0 Å². The molecule has 0 radical (unpaired) electrons. The molecule has 0 amide bonds. The van der Waals surface area contributed by atoms with Gasteiger partial charge >= 0.3 is 0 Å². The zero-order valence-corrected chi connectivity index (χ0v) is 3.84. The summed E-state index contributed by atoms with van der Waals surface area (Å²) in [7, 11) is 0. The maximum Gasteiger partial charge on any atom is 0.0902 e. The van der Waals surface area contributed by atoms with Gasteiger partial charge in [-0.1, -0.05) is 0 Å². The Kier molecular flexibility index (Phi) is 4.52. The lowest BCUT2D eigenvalue weighted by molar-refractivity contribution is 0.490. The minimum absolute atomic E-state index is 0.233. The molecule has 0 bridgehead atoms. The molecular weight excluding hydrogens is 87.1 g/mol. The predicted octanol–water partition coefficient (Wildman–Crippen LogP) is 1.28. The summed E-state index contributed by atoms with van der Waals surface area (Å²) in [6.07, 6.45) is 0.586. The maximum atomic E-state index is 10.9. The number of halogens is 1. The SMILES string of the molecule is FCCCS. The van der Waals surface area contributed by atoms with Gasteiger partial charge in [-0.2, -0.15) is 12.6 Å². The summed E-state index contributed by atoms with van der Waals surface area (Å²) in [4.78, 5) is 0. The van der Waals surface area contributed by atoms with Crippen molar-refractivity contribution in [3.63, 3.8) is 0 Å². The third-order valence-corrected chi connectivity index (χ3v) is 0.608. The first-order chi connectivity index (χ1) is 2.41. The first-order valence-corrected chi connectivity index (χ1v) is 2.22. The average Bonchev–Trinajstić information content (AvgIpc) is 1.41. The number of hydrogen-bond acceptors (Lipinski definition) is 1. The van der Waals surface area contributed by atoms with Crippen molar-refractivity contribution in [2.45, 2.75) is 6.42 Å². The molecule has 0 aromatic carbocycles. The van der Waals surface area contributed by atoms with E-state index < -0.39 is 0 Å². The van der Waals surface area contributed by atoms with Gasteiger partial charge in [0.05, 0.1) is 6.67 Å². The van der Waals surface area contributed by atoms with Gasteiger partial charge in [-0.15, -0.1) is 0 Å². The van der Waals surface area contributed by atoms with Crippen LogP contribution in [0, 0.1) is 0 Å². The number of alkyl halides is 1. The number of hydrogen-bond donors (Lipinski definition) is 1. The molecule has 0 rings (SSSR count). The highest BCUT2D eigenvalue weighted by Crippen LogP contribution is 1.80. The summed E-state index contributed by atoms with van der Waals surface area (Å²) >= 11 is 3.76. The molecule has 0 saturated carbocycles. The van der Waals surface area contributed by atoms with Crippen LogP contribution in [0.15, 0.2) is 0 Å². The third kappa shape index (κ3) is 4.28.